The van der Waals surface area contributed by atoms with Crippen LogP contribution in [0, 0.1) is 11.6 Å². The molecule has 0 saturated carbocycles. The van der Waals surface area contributed by atoms with Crippen molar-refractivity contribution in [1.29, 1.82) is 0 Å². The average Bonchev–Trinajstić information content (AvgIpc) is 2.75. The second-order valence-corrected chi connectivity index (χ2v) is 4.76. The van der Waals surface area contributed by atoms with E-state index in [0.29, 0.717) is 22.6 Å². The number of aromatic nitrogens is 2. The highest BCUT2D eigenvalue weighted by atomic mass is 19.1. The summed E-state index contributed by atoms with van der Waals surface area (Å²) in [5.74, 6) is -0.932. The summed E-state index contributed by atoms with van der Waals surface area (Å²) in [7, 11) is 1.70. The number of hydrogen-bond acceptors (Lipinski definition) is 2. The lowest BCUT2D eigenvalue weighted by Crippen LogP contribution is -1.98. The van der Waals surface area contributed by atoms with Gasteiger partial charge in [-0.1, -0.05) is 30.3 Å². The van der Waals surface area contributed by atoms with Crippen LogP contribution in [-0.2, 0) is 7.05 Å². The van der Waals surface area contributed by atoms with Gasteiger partial charge in [-0.25, -0.2) is 8.78 Å². The first kappa shape index (κ1) is 13.3. The van der Waals surface area contributed by atoms with Gasteiger partial charge >= 0.3 is 0 Å². The zero-order valence-corrected chi connectivity index (χ0v) is 11.3. The Bertz CT molecular complexity index is 775. The number of nitrogen functional groups attached to an aromatic ring is 1. The molecule has 3 aromatic rings. The third-order valence-electron chi connectivity index (χ3n) is 3.29. The van der Waals surface area contributed by atoms with E-state index in [4.69, 9.17) is 5.73 Å². The summed E-state index contributed by atoms with van der Waals surface area (Å²) in [5.41, 5.74) is 8.37. The van der Waals surface area contributed by atoms with E-state index in [1.165, 1.54) is 16.8 Å². The number of nitrogens with zero attached hydrogens (tertiary/aromatic N) is 2. The first-order valence-electron chi connectivity index (χ1n) is 6.40. The van der Waals surface area contributed by atoms with Crippen LogP contribution in [0.4, 0.5) is 14.6 Å². The van der Waals surface area contributed by atoms with E-state index in [0.717, 1.165) is 11.6 Å². The Kier molecular flexibility index (Phi) is 3.17. The highest BCUT2D eigenvalue weighted by Crippen LogP contribution is 2.36. The Balaban J connectivity index is 2.27. The topological polar surface area (TPSA) is 43.8 Å². The smallest absolute Gasteiger partial charge is 0.129 e. The first-order chi connectivity index (χ1) is 10.1. The molecule has 1 aromatic heterocycles. The lowest BCUT2D eigenvalue weighted by atomic mass is 10.0. The number of hydrogen-bond donors (Lipinski definition) is 1. The normalized spacial score (nSPS) is 10.8. The maximum atomic E-state index is 13.5. The Morgan fingerprint density at radius 1 is 0.952 bits per heavy atom. The van der Waals surface area contributed by atoms with Crippen LogP contribution < -0.4 is 5.73 Å². The van der Waals surface area contributed by atoms with Crippen molar-refractivity contribution in [1.82, 2.24) is 9.78 Å². The van der Waals surface area contributed by atoms with Gasteiger partial charge in [0.15, 0.2) is 0 Å². The van der Waals surface area contributed by atoms with E-state index < -0.39 is 11.6 Å². The largest absolute Gasteiger partial charge is 0.383 e. The van der Waals surface area contributed by atoms with Crippen LogP contribution in [0.3, 0.4) is 0 Å². The molecule has 0 fully saturated rings. The fraction of sp³-hybridized carbons (Fsp3) is 0.0625. The van der Waals surface area contributed by atoms with Gasteiger partial charge in [0, 0.05) is 18.7 Å². The Hall–Kier alpha value is -2.69. The van der Waals surface area contributed by atoms with E-state index in [1.54, 1.807) is 7.05 Å². The van der Waals surface area contributed by atoms with Crippen molar-refractivity contribution in [3.8, 4) is 22.4 Å². The zero-order valence-electron chi connectivity index (χ0n) is 11.3. The van der Waals surface area contributed by atoms with Gasteiger partial charge in [-0.3, -0.25) is 4.68 Å². The molecule has 5 heteroatoms. The molecule has 2 aromatic carbocycles. The van der Waals surface area contributed by atoms with Crippen LogP contribution >= 0.6 is 0 Å². The Morgan fingerprint density at radius 3 is 2.19 bits per heavy atom. The van der Waals surface area contributed by atoms with Gasteiger partial charge in [0.05, 0.1) is 5.56 Å². The number of halogens is 2. The number of aryl methyl sites for hydroxylation is 1. The summed E-state index contributed by atoms with van der Waals surface area (Å²) in [6, 6.07) is 12.7. The van der Waals surface area contributed by atoms with Crippen LogP contribution in [0.1, 0.15) is 0 Å². The molecular weight excluding hydrogens is 272 g/mol. The summed E-state index contributed by atoms with van der Waals surface area (Å²) < 4.78 is 28.5. The summed E-state index contributed by atoms with van der Waals surface area (Å²) in [6.07, 6.45) is 0. The number of benzene rings is 2. The van der Waals surface area contributed by atoms with E-state index in [-0.39, 0.29) is 0 Å². The van der Waals surface area contributed by atoms with Crippen LogP contribution in [0.2, 0.25) is 0 Å². The van der Waals surface area contributed by atoms with Crippen molar-refractivity contribution in [3.63, 3.8) is 0 Å². The first-order valence-corrected chi connectivity index (χ1v) is 6.40. The fourth-order valence-electron chi connectivity index (χ4n) is 2.32. The van der Waals surface area contributed by atoms with E-state index in [9.17, 15) is 8.78 Å². The van der Waals surface area contributed by atoms with Crippen molar-refractivity contribution < 1.29 is 8.78 Å². The van der Waals surface area contributed by atoms with Crippen LogP contribution in [0.15, 0.2) is 48.5 Å². The van der Waals surface area contributed by atoms with Crippen LogP contribution in [-0.4, -0.2) is 9.78 Å². The zero-order chi connectivity index (χ0) is 15.0. The molecule has 106 valence electrons. The van der Waals surface area contributed by atoms with Gasteiger partial charge in [0.1, 0.15) is 23.1 Å². The van der Waals surface area contributed by atoms with Crippen molar-refractivity contribution in [3.05, 3.63) is 60.2 Å². The highest BCUT2D eigenvalue weighted by Gasteiger charge is 2.18. The van der Waals surface area contributed by atoms with Crippen molar-refractivity contribution in [2.75, 3.05) is 5.73 Å². The molecule has 0 unspecified atom stereocenters. The number of nitrogens with two attached hydrogens (primary N) is 1. The quantitative estimate of drug-likeness (QED) is 0.781. The predicted molar refractivity (Wildman–Crippen MR) is 78.4 cm³/mol. The predicted octanol–water partition coefficient (Wildman–Crippen LogP) is 3.61. The van der Waals surface area contributed by atoms with Crippen LogP contribution in [0.5, 0.6) is 0 Å². The van der Waals surface area contributed by atoms with Gasteiger partial charge in [0.25, 0.3) is 0 Å². The highest BCUT2D eigenvalue weighted by molar-refractivity contribution is 5.88. The van der Waals surface area contributed by atoms with Gasteiger partial charge in [0.2, 0.25) is 0 Å². The minimum atomic E-state index is -0.646. The molecule has 1 heterocycles. The second-order valence-electron chi connectivity index (χ2n) is 4.76. The molecular formula is C16H13F2N3. The van der Waals surface area contributed by atoms with E-state index >= 15 is 0 Å². The fourth-order valence-corrected chi connectivity index (χ4v) is 2.32. The number of anilines is 1. The standard InChI is InChI=1S/C16H13F2N3/c1-21-16(19)14(11-7-12(17)9-13(18)8-11)15(20-21)10-5-3-2-4-6-10/h2-9H,19H2,1H3. The average molecular weight is 285 g/mol. The molecule has 0 amide bonds. The maximum absolute atomic E-state index is 13.5. The summed E-state index contributed by atoms with van der Waals surface area (Å²) in [5, 5.41) is 4.36. The molecule has 0 bridgehead atoms. The van der Waals surface area contributed by atoms with Gasteiger partial charge in [-0.15, -0.1) is 0 Å². The molecule has 0 aliphatic rings. The molecule has 0 saturated heterocycles. The Labute approximate surface area is 120 Å². The van der Waals surface area contributed by atoms with Crippen molar-refractivity contribution >= 4 is 5.82 Å². The van der Waals surface area contributed by atoms with Gasteiger partial charge in [-0.2, -0.15) is 5.10 Å². The van der Waals surface area contributed by atoms with Gasteiger partial charge < -0.3 is 5.73 Å². The molecule has 0 aliphatic heterocycles. The third kappa shape index (κ3) is 2.38. The molecule has 3 nitrogen and oxygen atoms in total. The third-order valence-corrected chi connectivity index (χ3v) is 3.29. The summed E-state index contributed by atoms with van der Waals surface area (Å²) in [4.78, 5) is 0. The molecule has 0 atom stereocenters. The molecule has 0 aliphatic carbocycles. The Morgan fingerprint density at radius 2 is 1.57 bits per heavy atom. The van der Waals surface area contributed by atoms with E-state index in [2.05, 4.69) is 5.10 Å². The molecule has 2 N–H and O–H groups in total. The van der Waals surface area contributed by atoms with Crippen LogP contribution in [0.25, 0.3) is 22.4 Å². The second kappa shape index (κ2) is 5.01. The maximum Gasteiger partial charge on any atom is 0.129 e. The SMILES string of the molecule is Cn1nc(-c2ccccc2)c(-c2cc(F)cc(F)c2)c1N. The summed E-state index contributed by atoms with van der Waals surface area (Å²) in [6.45, 7) is 0. The lowest BCUT2D eigenvalue weighted by molar-refractivity contribution is 0.584. The molecule has 0 spiro atoms. The summed E-state index contributed by atoms with van der Waals surface area (Å²) >= 11 is 0. The van der Waals surface area contributed by atoms with Crippen molar-refractivity contribution in [2.24, 2.45) is 7.05 Å². The van der Waals surface area contributed by atoms with Crippen molar-refractivity contribution in [2.45, 2.75) is 0 Å². The minimum Gasteiger partial charge on any atom is -0.383 e. The van der Waals surface area contributed by atoms with E-state index in [1.807, 2.05) is 30.3 Å². The number of rotatable bonds is 2. The molecule has 0 radical (unpaired) electrons. The monoisotopic (exact) mass is 285 g/mol. The molecule has 21 heavy (non-hydrogen) atoms. The van der Waals surface area contributed by atoms with Gasteiger partial charge in [-0.05, 0) is 17.7 Å². The lowest BCUT2D eigenvalue weighted by Gasteiger charge is -2.05. The molecule has 3 rings (SSSR count). The minimum absolute atomic E-state index is 0.360.